The molecule has 2 aromatic rings. The van der Waals surface area contributed by atoms with E-state index in [4.69, 9.17) is 11.6 Å². The molecule has 0 spiro atoms. The predicted octanol–water partition coefficient (Wildman–Crippen LogP) is 1.85. The SMILES string of the molecule is Cc1cc(Cl)nc(CSc2ncn[nH]2)n1. The highest BCUT2D eigenvalue weighted by Gasteiger charge is 2.03. The Morgan fingerprint density at radius 1 is 1.47 bits per heavy atom. The van der Waals surface area contributed by atoms with Crippen LogP contribution < -0.4 is 0 Å². The smallest absolute Gasteiger partial charge is 0.183 e. The second-order valence-electron chi connectivity index (χ2n) is 2.83. The summed E-state index contributed by atoms with van der Waals surface area (Å²) < 4.78 is 0. The molecule has 0 fully saturated rings. The molecule has 0 saturated carbocycles. The highest BCUT2D eigenvalue weighted by atomic mass is 35.5. The molecule has 0 amide bonds. The minimum Gasteiger partial charge on any atom is -0.254 e. The summed E-state index contributed by atoms with van der Waals surface area (Å²) in [5.74, 6) is 1.32. The first-order valence-corrected chi connectivity index (χ1v) is 5.58. The summed E-state index contributed by atoms with van der Waals surface area (Å²) in [5, 5.41) is 7.71. The van der Waals surface area contributed by atoms with Gasteiger partial charge in [-0.25, -0.2) is 15.0 Å². The quantitative estimate of drug-likeness (QED) is 0.656. The van der Waals surface area contributed by atoms with Crippen LogP contribution in [0.1, 0.15) is 11.5 Å². The molecule has 0 saturated heterocycles. The number of nitrogens with one attached hydrogen (secondary N) is 1. The zero-order valence-electron chi connectivity index (χ0n) is 7.94. The Morgan fingerprint density at radius 3 is 3.00 bits per heavy atom. The maximum atomic E-state index is 5.81. The van der Waals surface area contributed by atoms with Crippen LogP contribution in [-0.2, 0) is 5.75 Å². The molecule has 2 aromatic heterocycles. The molecule has 0 bridgehead atoms. The normalized spacial score (nSPS) is 10.5. The van der Waals surface area contributed by atoms with E-state index in [1.807, 2.05) is 6.92 Å². The first-order valence-electron chi connectivity index (χ1n) is 4.22. The third-order valence-electron chi connectivity index (χ3n) is 1.60. The highest BCUT2D eigenvalue weighted by molar-refractivity contribution is 7.98. The van der Waals surface area contributed by atoms with Crippen LogP contribution in [0.3, 0.4) is 0 Å². The van der Waals surface area contributed by atoms with Crippen molar-refractivity contribution in [1.29, 1.82) is 0 Å². The lowest BCUT2D eigenvalue weighted by Crippen LogP contribution is -1.95. The van der Waals surface area contributed by atoms with E-state index in [-0.39, 0.29) is 0 Å². The molecule has 78 valence electrons. The van der Waals surface area contributed by atoms with Crippen LogP contribution in [0.2, 0.25) is 5.15 Å². The Bertz CT molecular complexity index is 424. The van der Waals surface area contributed by atoms with Gasteiger partial charge in [-0.3, -0.25) is 5.10 Å². The molecular formula is C8H8ClN5S. The number of hydrogen-bond donors (Lipinski definition) is 1. The predicted molar refractivity (Wildman–Crippen MR) is 57.7 cm³/mol. The maximum Gasteiger partial charge on any atom is 0.183 e. The molecule has 0 aliphatic rings. The van der Waals surface area contributed by atoms with E-state index in [1.54, 1.807) is 6.07 Å². The number of aryl methyl sites for hydroxylation is 1. The van der Waals surface area contributed by atoms with Gasteiger partial charge >= 0.3 is 0 Å². The zero-order chi connectivity index (χ0) is 10.7. The summed E-state index contributed by atoms with van der Waals surface area (Å²) in [6, 6.07) is 1.73. The minimum atomic E-state index is 0.468. The van der Waals surface area contributed by atoms with Gasteiger partial charge in [0.15, 0.2) is 5.16 Å². The van der Waals surface area contributed by atoms with E-state index in [2.05, 4.69) is 25.1 Å². The van der Waals surface area contributed by atoms with Crippen molar-refractivity contribution in [3.05, 3.63) is 29.1 Å². The fraction of sp³-hybridized carbons (Fsp3) is 0.250. The molecule has 7 heteroatoms. The number of hydrogen-bond acceptors (Lipinski definition) is 5. The Kier molecular flexibility index (Phi) is 3.17. The van der Waals surface area contributed by atoms with Gasteiger partial charge in [-0.05, 0) is 13.0 Å². The van der Waals surface area contributed by atoms with E-state index >= 15 is 0 Å². The molecule has 0 aliphatic heterocycles. The van der Waals surface area contributed by atoms with E-state index < -0.39 is 0 Å². The van der Waals surface area contributed by atoms with E-state index in [0.29, 0.717) is 16.7 Å². The topological polar surface area (TPSA) is 67.3 Å². The lowest BCUT2D eigenvalue weighted by atomic mass is 10.4. The van der Waals surface area contributed by atoms with Crippen molar-refractivity contribution in [2.75, 3.05) is 0 Å². The number of nitrogens with zero attached hydrogens (tertiary/aromatic N) is 4. The third kappa shape index (κ3) is 2.90. The van der Waals surface area contributed by atoms with E-state index in [1.165, 1.54) is 18.1 Å². The summed E-state index contributed by atoms with van der Waals surface area (Å²) in [7, 11) is 0. The number of rotatable bonds is 3. The summed E-state index contributed by atoms with van der Waals surface area (Å²) in [6.07, 6.45) is 1.46. The average molecular weight is 242 g/mol. The molecule has 2 heterocycles. The molecule has 5 nitrogen and oxygen atoms in total. The number of aromatic amines is 1. The van der Waals surface area contributed by atoms with E-state index in [0.717, 1.165) is 10.9 Å². The molecule has 15 heavy (non-hydrogen) atoms. The first-order chi connectivity index (χ1) is 7.24. The van der Waals surface area contributed by atoms with Gasteiger partial charge in [0.05, 0.1) is 5.75 Å². The van der Waals surface area contributed by atoms with Crippen LogP contribution in [0.15, 0.2) is 17.6 Å². The number of halogens is 1. The minimum absolute atomic E-state index is 0.468. The van der Waals surface area contributed by atoms with Gasteiger partial charge < -0.3 is 0 Å². The van der Waals surface area contributed by atoms with Gasteiger partial charge in [-0.2, -0.15) is 5.10 Å². The van der Waals surface area contributed by atoms with Crippen LogP contribution in [0.4, 0.5) is 0 Å². The number of H-pyrrole nitrogens is 1. The number of thioether (sulfide) groups is 1. The molecule has 0 aliphatic carbocycles. The Labute approximate surface area is 95.7 Å². The highest BCUT2D eigenvalue weighted by Crippen LogP contribution is 2.17. The maximum absolute atomic E-state index is 5.81. The molecule has 0 atom stereocenters. The molecular weight excluding hydrogens is 234 g/mol. The molecule has 2 rings (SSSR count). The summed E-state index contributed by atoms with van der Waals surface area (Å²) in [4.78, 5) is 12.3. The second-order valence-corrected chi connectivity index (χ2v) is 4.18. The molecule has 1 N–H and O–H groups in total. The van der Waals surface area contributed by atoms with Crippen molar-refractivity contribution in [3.8, 4) is 0 Å². The van der Waals surface area contributed by atoms with Crippen molar-refractivity contribution < 1.29 is 0 Å². The largest absolute Gasteiger partial charge is 0.254 e. The van der Waals surface area contributed by atoms with E-state index in [9.17, 15) is 0 Å². The van der Waals surface area contributed by atoms with Gasteiger partial charge in [-0.15, -0.1) is 0 Å². The lowest BCUT2D eigenvalue weighted by Gasteiger charge is -2.00. The Balaban J connectivity index is 2.05. The molecule has 0 aromatic carbocycles. The van der Waals surface area contributed by atoms with Crippen LogP contribution >= 0.6 is 23.4 Å². The molecule has 0 unspecified atom stereocenters. The van der Waals surface area contributed by atoms with Crippen LogP contribution in [-0.4, -0.2) is 25.1 Å². The Morgan fingerprint density at radius 2 is 2.33 bits per heavy atom. The fourth-order valence-electron chi connectivity index (χ4n) is 1.05. The molecule has 0 radical (unpaired) electrons. The van der Waals surface area contributed by atoms with Crippen molar-refractivity contribution in [1.82, 2.24) is 25.1 Å². The van der Waals surface area contributed by atoms with Gasteiger partial charge in [0.1, 0.15) is 17.3 Å². The first kappa shape index (κ1) is 10.4. The van der Waals surface area contributed by atoms with Crippen LogP contribution in [0, 0.1) is 6.92 Å². The van der Waals surface area contributed by atoms with Gasteiger partial charge in [-0.1, -0.05) is 23.4 Å². The van der Waals surface area contributed by atoms with Crippen molar-refractivity contribution >= 4 is 23.4 Å². The second kappa shape index (κ2) is 4.59. The van der Waals surface area contributed by atoms with Crippen molar-refractivity contribution in [2.24, 2.45) is 0 Å². The fourth-order valence-corrected chi connectivity index (χ4v) is 1.94. The van der Waals surface area contributed by atoms with Gasteiger partial charge in [0, 0.05) is 5.69 Å². The van der Waals surface area contributed by atoms with Crippen LogP contribution in [0.5, 0.6) is 0 Å². The average Bonchev–Trinajstić information content (AvgIpc) is 2.65. The monoisotopic (exact) mass is 241 g/mol. The number of aromatic nitrogens is 5. The van der Waals surface area contributed by atoms with Gasteiger partial charge in [0.25, 0.3) is 0 Å². The summed E-state index contributed by atoms with van der Waals surface area (Å²) in [5.41, 5.74) is 0.864. The third-order valence-corrected chi connectivity index (χ3v) is 2.67. The van der Waals surface area contributed by atoms with Crippen LogP contribution in [0.25, 0.3) is 0 Å². The zero-order valence-corrected chi connectivity index (χ0v) is 9.51. The lowest BCUT2D eigenvalue weighted by molar-refractivity contribution is 0.959. The van der Waals surface area contributed by atoms with Gasteiger partial charge in [0.2, 0.25) is 0 Å². The summed E-state index contributed by atoms with van der Waals surface area (Å²) in [6.45, 7) is 1.89. The van der Waals surface area contributed by atoms with Crippen molar-refractivity contribution in [3.63, 3.8) is 0 Å². The standard InChI is InChI=1S/C8H8ClN5S/c1-5-2-6(9)13-7(12-5)3-15-8-10-4-11-14-8/h2,4H,3H2,1H3,(H,10,11,14). The Hall–Kier alpha value is -1.14. The summed E-state index contributed by atoms with van der Waals surface area (Å²) >= 11 is 7.30. The van der Waals surface area contributed by atoms with Crippen molar-refractivity contribution in [2.45, 2.75) is 17.8 Å².